The summed E-state index contributed by atoms with van der Waals surface area (Å²) in [6.45, 7) is 0. The maximum atomic E-state index is 5.13. The first kappa shape index (κ1) is 7.85. The molecule has 0 bridgehead atoms. The van der Waals surface area contributed by atoms with Gasteiger partial charge in [0.15, 0.2) is 0 Å². The predicted molar refractivity (Wildman–Crippen MR) is 54.6 cm³/mol. The third kappa shape index (κ3) is 1.06. The van der Waals surface area contributed by atoms with Gasteiger partial charge in [0, 0.05) is 18.5 Å². The number of ether oxygens (including phenoxy) is 1. The molecule has 0 spiro atoms. The van der Waals surface area contributed by atoms with Crippen LogP contribution in [0.3, 0.4) is 0 Å². The van der Waals surface area contributed by atoms with Crippen molar-refractivity contribution < 1.29 is 4.74 Å². The summed E-state index contributed by atoms with van der Waals surface area (Å²) in [6.07, 6.45) is 3.52. The molecule has 0 N–H and O–H groups in total. The number of methoxy groups -OCH3 is 1. The number of hydrogen-bond acceptors (Lipinski definition) is 2. The molecule has 1 aliphatic rings. The van der Waals surface area contributed by atoms with Crippen molar-refractivity contribution in [2.75, 3.05) is 7.11 Å². The van der Waals surface area contributed by atoms with Crippen molar-refractivity contribution in [1.82, 2.24) is 10.3 Å². The molecule has 0 aromatic carbocycles. The highest BCUT2D eigenvalue weighted by Gasteiger charge is 2.18. The number of aromatic nitrogens is 1. The Balaban J connectivity index is 2.56. The van der Waals surface area contributed by atoms with Gasteiger partial charge in [0.05, 0.1) is 10.7 Å². The van der Waals surface area contributed by atoms with Gasteiger partial charge in [-0.3, -0.25) is 4.98 Å². The molecule has 2 rings (SSSR count). The van der Waals surface area contributed by atoms with E-state index in [1.165, 1.54) is 0 Å². The normalized spacial score (nSPS) is 13.3. The predicted octanol–water partition coefficient (Wildman–Crippen LogP) is 2.07. The first-order chi connectivity index (χ1) is 5.83. The minimum atomic E-state index is 0.780. The van der Waals surface area contributed by atoms with Gasteiger partial charge < -0.3 is 4.74 Å². The van der Waals surface area contributed by atoms with E-state index < -0.39 is 0 Å². The smallest absolute Gasteiger partial charge is 0.148 e. The zero-order chi connectivity index (χ0) is 8.55. The van der Waals surface area contributed by atoms with Crippen LogP contribution in [0.15, 0.2) is 18.5 Å². The zero-order valence-corrected chi connectivity index (χ0v) is 8.57. The molecule has 0 amide bonds. The van der Waals surface area contributed by atoms with E-state index >= 15 is 0 Å². The Morgan fingerprint density at radius 3 is 3.08 bits per heavy atom. The monoisotopic (exact) mass is 273 g/mol. The first-order valence-corrected chi connectivity index (χ1v) is 4.50. The largest absolute Gasteiger partial charge is 0.494 e. The summed E-state index contributed by atoms with van der Waals surface area (Å²) in [5.74, 6) is 0.780. The molecule has 0 atom stereocenters. The number of halogens is 1. The van der Waals surface area contributed by atoms with Gasteiger partial charge in [0.25, 0.3) is 0 Å². The molecule has 12 heavy (non-hydrogen) atoms. The van der Waals surface area contributed by atoms with Gasteiger partial charge in [-0.1, -0.05) is 0 Å². The Kier molecular flexibility index (Phi) is 1.92. The third-order valence-electron chi connectivity index (χ3n) is 1.64. The maximum Gasteiger partial charge on any atom is 0.148 e. The van der Waals surface area contributed by atoms with E-state index in [-0.39, 0.29) is 0 Å². The summed E-state index contributed by atoms with van der Waals surface area (Å²) in [5, 5.41) is 4.19. The number of nitrogens with zero attached hydrogens (tertiary/aromatic N) is 2. The standard InChI is InChI=1S/C8H6IN2O/c1-12-6-2-3-10-7-5(9)4-11-8(6)7/h2-4H,1H3. The Morgan fingerprint density at radius 1 is 1.50 bits per heavy atom. The van der Waals surface area contributed by atoms with E-state index in [9.17, 15) is 0 Å². The van der Waals surface area contributed by atoms with Crippen molar-refractivity contribution in [2.24, 2.45) is 0 Å². The van der Waals surface area contributed by atoms with Crippen LogP contribution in [-0.2, 0) is 0 Å². The highest BCUT2D eigenvalue weighted by Crippen LogP contribution is 2.38. The second-order valence-corrected chi connectivity index (χ2v) is 3.48. The summed E-state index contributed by atoms with van der Waals surface area (Å²) in [5.41, 5.74) is 1.75. The van der Waals surface area contributed by atoms with Crippen LogP contribution in [-0.4, -0.2) is 12.1 Å². The van der Waals surface area contributed by atoms with E-state index in [0.29, 0.717) is 0 Å². The average Bonchev–Trinajstić information content (AvgIpc) is 2.48. The molecule has 1 radical (unpaired) electrons. The van der Waals surface area contributed by atoms with Gasteiger partial charge in [-0.2, -0.15) is 0 Å². The van der Waals surface area contributed by atoms with E-state index in [0.717, 1.165) is 20.7 Å². The lowest BCUT2D eigenvalue weighted by atomic mass is 10.3. The van der Waals surface area contributed by atoms with Crippen LogP contribution < -0.4 is 10.1 Å². The fourth-order valence-corrected chi connectivity index (χ4v) is 1.62. The molecule has 1 aromatic rings. The number of hydrogen-bond donors (Lipinski definition) is 0. The Labute approximate surface area is 84.0 Å². The Hall–Kier alpha value is -0.780. The van der Waals surface area contributed by atoms with Gasteiger partial charge in [0.2, 0.25) is 0 Å². The van der Waals surface area contributed by atoms with Crippen LogP contribution in [0.25, 0.3) is 3.58 Å². The summed E-state index contributed by atoms with van der Waals surface area (Å²) < 4.78 is 6.19. The minimum Gasteiger partial charge on any atom is -0.494 e. The van der Waals surface area contributed by atoms with Crippen LogP contribution in [0.2, 0.25) is 0 Å². The number of fused-ring (bicyclic) bond motifs is 1. The average molecular weight is 273 g/mol. The topological polar surface area (TPSA) is 36.2 Å². The van der Waals surface area contributed by atoms with Crippen LogP contribution in [0.4, 0.5) is 5.69 Å². The van der Waals surface area contributed by atoms with Gasteiger partial charge >= 0.3 is 0 Å². The molecule has 1 aliphatic heterocycles. The van der Waals surface area contributed by atoms with Crippen LogP contribution in [0, 0.1) is 0 Å². The Morgan fingerprint density at radius 2 is 2.33 bits per heavy atom. The summed E-state index contributed by atoms with van der Waals surface area (Å²) in [4.78, 5) is 4.20. The molecule has 61 valence electrons. The molecule has 4 heteroatoms. The lowest BCUT2D eigenvalue weighted by Crippen LogP contribution is -1.91. The molecule has 0 unspecified atom stereocenters. The summed E-state index contributed by atoms with van der Waals surface area (Å²) >= 11 is 2.21. The number of rotatable bonds is 1. The molecular formula is C8H6IN2O. The Bertz CT molecular complexity index is 349. The molecule has 3 nitrogen and oxygen atoms in total. The van der Waals surface area contributed by atoms with Crippen molar-refractivity contribution in [3.8, 4) is 5.75 Å². The summed E-state index contributed by atoms with van der Waals surface area (Å²) in [6, 6.07) is 1.81. The van der Waals surface area contributed by atoms with Crippen molar-refractivity contribution >= 4 is 31.9 Å². The second-order valence-electron chi connectivity index (χ2n) is 2.32. The van der Waals surface area contributed by atoms with Crippen molar-refractivity contribution in [1.29, 1.82) is 0 Å². The van der Waals surface area contributed by atoms with Crippen LogP contribution >= 0.6 is 22.6 Å². The van der Waals surface area contributed by atoms with Crippen LogP contribution in [0.1, 0.15) is 5.69 Å². The van der Waals surface area contributed by atoms with E-state index in [1.54, 1.807) is 19.5 Å². The lowest BCUT2D eigenvalue weighted by Gasteiger charge is -2.04. The minimum absolute atomic E-state index is 0.780. The van der Waals surface area contributed by atoms with Gasteiger partial charge in [0.1, 0.15) is 17.1 Å². The fourth-order valence-electron chi connectivity index (χ4n) is 1.08. The molecule has 0 saturated heterocycles. The molecule has 1 aromatic heterocycles. The maximum absolute atomic E-state index is 5.13. The molecule has 2 heterocycles. The molecular weight excluding hydrogens is 267 g/mol. The highest BCUT2D eigenvalue weighted by atomic mass is 127. The summed E-state index contributed by atoms with van der Waals surface area (Å²) in [7, 11) is 1.64. The molecule has 0 fully saturated rings. The zero-order valence-electron chi connectivity index (χ0n) is 6.41. The molecule has 0 saturated carbocycles. The third-order valence-corrected chi connectivity index (χ3v) is 2.43. The lowest BCUT2D eigenvalue weighted by molar-refractivity contribution is 0.414. The van der Waals surface area contributed by atoms with E-state index in [2.05, 4.69) is 32.9 Å². The SMILES string of the molecule is COc1ccnc2c1[N]C=C2I. The van der Waals surface area contributed by atoms with E-state index in [4.69, 9.17) is 4.74 Å². The van der Waals surface area contributed by atoms with Gasteiger partial charge in [-0.15, -0.1) is 0 Å². The van der Waals surface area contributed by atoms with Crippen molar-refractivity contribution in [3.05, 3.63) is 24.2 Å². The van der Waals surface area contributed by atoms with Gasteiger partial charge in [-0.05, 0) is 22.6 Å². The van der Waals surface area contributed by atoms with Crippen molar-refractivity contribution in [2.45, 2.75) is 0 Å². The van der Waals surface area contributed by atoms with Crippen LogP contribution in [0.5, 0.6) is 5.75 Å². The molecule has 0 aliphatic carbocycles. The van der Waals surface area contributed by atoms with Gasteiger partial charge in [-0.25, -0.2) is 5.32 Å². The first-order valence-electron chi connectivity index (χ1n) is 3.43. The quantitative estimate of drug-likeness (QED) is 0.734. The fraction of sp³-hybridized carbons (Fsp3) is 0.125. The van der Waals surface area contributed by atoms with E-state index in [1.807, 2.05) is 6.07 Å². The number of pyridine rings is 1. The highest BCUT2D eigenvalue weighted by molar-refractivity contribution is 14.1. The second kappa shape index (κ2) is 2.93. The van der Waals surface area contributed by atoms with Crippen molar-refractivity contribution in [3.63, 3.8) is 0 Å².